The average molecular weight is 248 g/mol. The van der Waals surface area contributed by atoms with Crippen molar-refractivity contribution in [2.24, 2.45) is 0 Å². The fraction of sp³-hybridized carbons (Fsp3) is 0.286. The van der Waals surface area contributed by atoms with Crippen molar-refractivity contribution in [1.82, 2.24) is 0 Å². The Morgan fingerprint density at radius 2 is 1.89 bits per heavy atom. The molecule has 1 atom stereocenters. The summed E-state index contributed by atoms with van der Waals surface area (Å²) in [5.74, 6) is 1.97. The molecule has 0 saturated carbocycles. The smallest absolute Gasteiger partial charge is 0.125 e. The van der Waals surface area contributed by atoms with Gasteiger partial charge in [-0.25, -0.2) is 0 Å². The standard InChI is InChI=1S/C14H16O4/c1-9-11(6-7-18-9)14(15)12-8-10(16-2)4-5-13(12)17-3/h4-8,14-15H,1-3H3. The van der Waals surface area contributed by atoms with E-state index < -0.39 is 6.10 Å². The van der Waals surface area contributed by atoms with E-state index in [1.807, 2.05) is 6.92 Å². The minimum absolute atomic E-state index is 0.615. The van der Waals surface area contributed by atoms with E-state index in [9.17, 15) is 5.11 Å². The van der Waals surface area contributed by atoms with Crippen LogP contribution in [0.25, 0.3) is 0 Å². The van der Waals surface area contributed by atoms with Gasteiger partial charge in [0.1, 0.15) is 23.4 Å². The first-order chi connectivity index (χ1) is 8.67. The van der Waals surface area contributed by atoms with E-state index >= 15 is 0 Å². The van der Waals surface area contributed by atoms with Gasteiger partial charge in [-0.05, 0) is 31.2 Å². The molecule has 1 aromatic heterocycles. The highest BCUT2D eigenvalue weighted by molar-refractivity contribution is 5.45. The number of ether oxygens (including phenoxy) is 2. The van der Waals surface area contributed by atoms with Crippen molar-refractivity contribution < 1.29 is 19.0 Å². The van der Waals surface area contributed by atoms with Crippen molar-refractivity contribution >= 4 is 0 Å². The van der Waals surface area contributed by atoms with Gasteiger partial charge in [0, 0.05) is 11.1 Å². The van der Waals surface area contributed by atoms with E-state index in [1.165, 1.54) is 0 Å². The van der Waals surface area contributed by atoms with Gasteiger partial charge >= 0.3 is 0 Å². The van der Waals surface area contributed by atoms with Gasteiger partial charge < -0.3 is 19.0 Å². The lowest BCUT2D eigenvalue weighted by Gasteiger charge is -2.15. The highest BCUT2D eigenvalue weighted by Crippen LogP contribution is 2.34. The Kier molecular flexibility index (Phi) is 3.58. The van der Waals surface area contributed by atoms with Crippen molar-refractivity contribution in [3.05, 3.63) is 47.4 Å². The molecular weight excluding hydrogens is 232 g/mol. The zero-order chi connectivity index (χ0) is 13.1. The SMILES string of the molecule is COc1ccc(OC)c(C(O)c2ccoc2C)c1. The first-order valence-corrected chi connectivity index (χ1v) is 5.61. The van der Waals surface area contributed by atoms with E-state index in [0.29, 0.717) is 22.8 Å². The van der Waals surface area contributed by atoms with Crippen molar-refractivity contribution in [2.45, 2.75) is 13.0 Å². The number of aryl methyl sites for hydroxylation is 1. The highest BCUT2D eigenvalue weighted by Gasteiger charge is 2.19. The Bertz CT molecular complexity index is 530. The predicted molar refractivity (Wildman–Crippen MR) is 67.1 cm³/mol. The van der Waals surface area contributed by atoms with Crippen LogP contribution in [0.3, 0.4) is 0 Å². The zero-order valence-corrected chi connectivity index (χ0v) is 10.6. The molecule has 0 fully saturated rings. The van der Waals surface area contributed by atoms with Gasteiger partial charge in [0.05, 0.1) is 20.5 Å². The summed E-state index contributed by atoms with van der Waals surface area (Å²) in [4.78, 5) is 0. The van der Waals surface area contributed by atoms with Crippen LogP contribution >= 0.6 is 0 Å². The molecule has 0 amide bonds. The lowest BCUT2D eigenvalue weighted by molar-refractivity contribution is 0.212. The third-order valence-corrected chi connectivity index (χ3v) is 2.92. The summed E-state index contributed by atoms with van der Waals surface area (Å²) in [5.41, 5.74) is 1.38. The predicted octanol–water partition coefficient (Wildman–Crippen LogP) is 2.69. The number of furan rings is 1. The minimum Gasteiger partial charge on any atom is -0.497 e. The summed E-state index contributed by atoms with van der Waals surface area (Å²) in [6.45, 7) is 1.81. The Morgan fingerprint density at radius 1 is 1.11 bits per heavy atom. The third kappa shape index (κ3) is 2.19. The van der Waals surface area contributed by atoms with Crippen molar-refractivity contribution in [3.63, 3.8) is 0 Å². The average Bonchev–Trinajstić information content (AvgIpc) is 2.83. The molecule has 1 unspecified atom stereocenters. The first-order valence-electron chi connectivity index (χ1n) is 5.61. The lowest BCUT2D eigenvalue weighted by atomic mass is 10.0. The van der Waals surface area contributed by atoms with Crippen molar-refractivity contribution in [1.29, 1.82) is 0 Å². The number of benzene rings is 1. The maximum absolute atomic E-state index is 10.4. The van der Waals surface area contributed by atoms with Crippen molar-refractivity contribution in [3.8, 4) is 11.5 Å². The number of hydrogen-bond donors (Lipinski definition) is 1. The molecule has 4 heteroatoms. The van der Waals surface area contributed by atoms with Crippen LogP contribution in [0.1, 0.15) is 23.0 Å². The van der Waals surface area contributed by atoms with Gasteiger partial charge in [0.2, 0.25) is 0 Å². The van der Waals surface area contributed by atoms with Gasteiger partial charge in [-0.15, -0.1) is 0 Å². The second-order valence-corrected chi connectivity index (χ2v) is 3.94. The molecule has 2 rings (SSSR count). The number of methoxy groups -OCH3 is 2. The number of hydrogen-bond acceptors (Lipinski definition) is 4. The van der Waals surface area contributed by atoms with Crippen molar-refractivity contribution in [2.75, 3.05) is 14.2 Å². The Hall–Kier alpha value is -1.94. The molecule has 96 valence electrons. The molecular formula is C14H16O4. The summed E-state index contributed by atoms with van der Waals surface area (Å²) >= 11 is 0. The highest BCUT2D eigenvalue weighted by atomic mass is 16.5. The molecule has 2 aromatic rings. The molecule has 1 heterocycles. The Balaban J connectivity index is 2.45. The van der Waals surface area contributed by atoms with Crippen LogP contribution in [0.5, 0.6) is 11.5 Å². The Morgan fingerprint density at radius 3 is 2.44 bits per heavy atom. The molecule has 18 heavy (non-hydrogen) atoms. The zero-order valence-electron chi connectivity index (χ0n) is 10.6. The van der Waals surface area contributed by atoms with E-state index in [2.05, 4.69) is 0 Å². The van der Waals surface area contributed by atoms with E-state index in [0.717, 1.165) is 5.56 Å². The first kappa shape index (κ1) is 12.5. The monoisotopic (exact) mass is 248 g/mol. The maximum atomic E-state index is 10.4. The van der Waals surface area contributed by atoms with Crippen LogP contribution in [0.2, 0.25) is 0 Å². The molecule has 0 aliphatic heterocycles. The van der Waals surface area contributed by atoms with Crippen LogP contribution in [-0.4, -0.2) is 19.3 Å². The van der Waals surface area contributed by atoms with E-state index in [-0.39, 0.29) is 0 Å². The van der Waals surface area contributed by atoms with E-state index in [4.69, 9.17) is 13.9 Å². The topological polar surface area (TPSA) is 51.8 Å². The molecule has 0 spiro atoms. The third-order valence-electron chi connectivity index (χ3n) is 2.92. The van der Waals surface area contributed by atoms with Crippen LogP contribution in [0.4, 0.5) is 0 Å². The Labute approximate surface area is 106 Å². The van der Waals surface area contributed by atoms with Gasteiger partial charge in [0.15, 0.2) is 0 Å². The normalized spacial score (nSPS) is 12.2. The fourth-order valence-electron chi connectivity index (χ4n) is 1.90. The van der Waals surface area contributed by atoms with Crippen LogP contribution in [0, 0.1) is 6.92 Å². The number of aliphatic hydroxyl groups excluding tert-OH is 1. The number of aliphatic hydroxyl groups is 1. The van der Waals surface area contributed by atoms with E-state index in [1.54, 1.807) is 44.7 Å². The summed E-state index contributed by atoms with van der Waals surface area (Å²) in [7, 11) is 3.15. The van der Waals surface area contributed by atoms with Gasteiger partial charge in [0.25, 0.3) is 0 Å². The summed E-state index contributed by atoms with van der Waals surface area (Å²) in [5, 5.41) is 10.4. The number of rotatable bonds is 4. The minimum atomic E-state index is -0.797. The molecule has 0 bridgehead atoms. The maximum Gasteiger partial charge on any atom is 0.125 e. The van der Waals surface area contributed by atoms with Crippen LogP contribution < -0.4 is 9.47 Å². The second kappa shape index (κ2) is 5.14. The quantitative estimate of drug-likeness (QED) is 0.903. The molecule has 4 nitrogen and oxygen atoms in total. The summed E-state index contributed by atoms with van der Waals surface area (Å²) in [6.07, 6.45) is 0.759. The van der Waals surface area contributed by atoms with Crippen LogP contribution in [-0.2, 0) is 0 Å². The molecule has 1 aromatic carbocycles. The second-order valence-electron chi connectivity index (χ2n) is 3.94. The molecule has 0 radical (unpaired) electrons. The molecule has 0 saturated heterocycles. The van der Waals surface area contributed by atoms with Gasteiger partial charge in [-0.2, -0.15) is 0 Å². The van der Waals surface area contributed by atoms with Gasteiger partial charge in [-0.3, -0.25) is 0 Å². The lowest BCUT2D eigenvalue weighted by Crippen LogP contribution is -2.03. The molecule has 0 aliphatic rings. The fourth-order valence-corrected chi connectivity index (χ4v) is 1.90. The molecule has 0 aliphatic carbocycles. The summed E-state index contributed by atoms with van der Waals surface area (Å²) < 4.78 is 15.6. The largest absolute Gasteiger partial charge is 0.497 e. The molecule has 1 N–H and O–H groups in total. The van der Waals surface area contributed by atoms with Gasteiger partial charge in [-0.1, -0.05) is 0 Å². The van der Waals surface area contributed by atoms with Crippen LogP contribution in [0.15, 0.2) is 34.9 Å². The summed E-state index contributed by atoms with van der Waals surface area (Å²) in [6, 6.07) is 7.07.